The highest BCUT2D eigenvalue weighted by molar-refractivity contribution is 5.78. The van der Waals surface area contributed by atoms with Gasteiger partial charge in [-0.05, 0) is 57.0 Å². The Labute approximate surface area is 127 Å². The molecule has 5 nitrogen and oxygen atoms in total. The van der Waals surface area contributed by atoms with Crippen molar-refractivity contribution in [2.24, 2.45) is 23.5 Å². The van der Waals surface area contributed by atoms with E-state index in [1.165, 1.54) is 12.8 Å². The summed E-state index contributed by atoms with van der Waals surface area (Å²) in [5.41, 5.74) is 5.38. The summed E-state index contributed by atoms with van der Waals surface area (Å²) in [4.78, 5) is 23.5. The van der Waals surface area contributed by atoms with Gasteiger partial charge in [0.25, 0.3) is 0 Å². The number of nitrogens with one attached hydrogen (secondary N) is 2. The average Bonchev–Trinajstić information content (AvgIpc) is 2.48. The number of nitrogens with two attached hydrogens (primary N) is 1. The van der Waals surface area contributed by atoms with Crippen LogP contribution < -0.4 is 16.4 Å². The van der Waals surface area contributed by atoms with Crippen LogP contribution in [0, 0.1) is 17.8 Å². The third-order valence-corrected chi connectivity index (χ3v) is 5.09. The molecular weight excluding hydrogens is 266 g/mol. The summed E-state index contributed by atoms with van der Waals surface area (Å²) in [7, 11) is 0. The molecule has 0 aromatic rings. The van der Waals surface area contributed by atoms with Crippen LogP contribution in [0.2, 0.25) is 0 Å². The smallest absolute Gasteiger partial charge is 0.220 e. The van der Waals surface area contributed by atoms with Crippen molar-refractivity contribution in [1.82, 2.24) is 10.6 Å². The van der Waals surface area contributed by atoms with Crippen molar-refractivity contribution in [3.63, 3.8) is 0 Å². The zero-order chi connectivity index (χ0) is 15.2. The van der Waals surface area contributed by atoms with Gasteiger partial charge in [-0.2, -0.15) is 0 Å². The van der Waals surface area contributed by atoms with Gasteiger partial charge in [0, 0.05) is 18.4 Å². The molecule has 1 aliphatic carbocycles. The summed E-state index contributed by atoms with van der Waals surface area (Å²) < 4.78 is 0. The average molecular weight is 295 g/mol. The maximum Gasteiger partial charge on any atom is 0.220 e. The number of hydrogen-bond acceptors (Lipinski definition) is 3. The van der Waals surface area contributed by atoms with Gasteiger partial charge in [0.2, 0.25) is 11.8 Å². The van der Waals surface area contributed by atoms with Crippen LogP contribution in [-0.2, 0) is 9.59 Å². The van der Waals surface area contributed by atoms with E-state index >= 15 is 0 Å². The Balaban J connectivity index is 1.74. The van der Waals surface area contributed by atoms with Crippen LogP contribution in [-0.4, -0.2) is 30.9 Å². The van der Waals surface area contributed by atoms with Gasteiger partial charge in [-0.3, -0.25) is 9.59 Å². The first-order valence-corrected chi connectivity index (χ1v) is 8.35. The molecule has 2 amide bonds. The van der Waals surface area contributed by atoms with E-state index in [4.69, 9.17) is 5.73 Å². The molecule has 4 N–H and O–H groups in total. The van der Waals surface area contributed by atoms with E-state index < -0.39 is 0 Å². The molecule has 2 fully saturated rings. The van der Waals surface area contributed by atoms with Crippen molar-refractivity contribution in [2.45, 2.75) is 57.9 Å². The third-order valence-electron chi connectivity index (χ3n) is 5.09. The quantitative estimate of drug-likeness (QED) is 0.712. The molecule has 5 heteroatoms. The van der Waals surface area contributed by atoms with Crippen LogP contribution in [0.25, 0.3) is 0 Å². The molecule has 0 radical (unpaired) electrons. The van der Waals surface area contributed by atoms with Crippen LogP contribution in [0.1, 0.15) is 51.9 Å². The molecule has 120 valence electrons. The van der Waals surface area contributed by atoms with Gasteiger partial charge >= 0.3 is 0 Å². The summed E-state index contributed by atoms with van der Waals surface area (Å²) in [6.07, 6.45) is 6.53. The highest BCUT2D eigenvalue weighted by Crippen LogP contribution is 2.25. The maximum atomic E-state index is 12.2. The monoisotopic (exact) mass is 295 g/mol. The van der Waals surface area contributed by atoms with Gasteiger partial charge in [0.05, 0.1) is 0 Å². The Morgan fingerprint density at radius 1 is 1.29 bits per heavy atom. The second-order valence-electron chi connectivity index (χ2n) is 6.82. The van der Waals surface area contributed by atoms with E-state index in [0.29, 0.717) is 24.7 Å². The van der Waals surface area contributed by atoms with Gasteiger partial charge in [-0.25, -0.2) is 0 Å². The first-order valence-electron chi connectivity index (χ1n) is 8.35. The van der Waals surface area contributed by atoms with E-state index in [1.54, 1.807) is 0 Å². The molecule has 4 unspecified atom stereocenters. The molecule has 2 rings (SSSR count). The predicted octanol–water partition coefficient (Wildman–Crippen LogP) is 1.17. The zero-order valence-corrected chi connectivity index (χ0v) is 13.1. The predicted molar refractivity (Wildman–Crippen MR) is 82.5 cm³/mol. The Morgan fingerprint density at radius 3 is 2.76 bits per heavy atom. The fourth-order valence-corrected chi connectivity index (χ4v) is 3.69. The van der Waals surface area contributed by atoms with E-state index in [9.17, 15) is 9.59 Å². The number of amides is 2. The molecule has 1 saturated carbocycles. The van der Waals surface area contributed by atoms with E-state index in [1.807, 2.05) is 0 Å². The fraction of sp³-hybridized carbons (Fsp3) is 0.875. The molecule has 0 aromatic heterocycles. The molecule has 1 heterocycles. The lowest BCUT2D eigenvalue weighted by atomic mass is 9.84. The standard InChI is InChI=1S/C16H29N3O2/c1-11(13-5-3-7-18-10-13)8-15(20)19-14-6-2-4-12(9-14)16(17)21/h11-14,18H,2-10H2,1H3,(H2,17,21)(H,19,20). The number of carbonyl (C=O) groups excluding carboxylic acids is 2. The highest BCUT2D eigenvalue weighted by atomic mass is 16.2. The Hall–Kier alpha value is -1.10. The zero-order valence-electron chi connectivity index (χ0n) is 13.1. The Kier molecular flexibility index (Phi) is 6.03. The molecular formula is C16H29N3O2. The largest absolute Gasteiger partial charge is 0.369 e. The first kappa shape index (κ1) is 16.3. The van der Waals surface area contributed by atoms with Gasteiger partial charge in [0.15, 0.2) is 0 Å². The third kappa shape index (κ3) is 4.99. The minimum atomic E-state index is -0.226. The normalized spacial score (nSPS) is 31.4. The molecule has 1 saturated heterocycles. The van der Waals surface area contributed by atoms with Crippen molar-refractivity contribution in [3.8, 4) is 0 Å². The number of piperidine rings is 1. The van der Waals surface area contributed by atoms with E-state index in [-0.39, 0.29) is 23.8 Å². The van der Waals surface area contributed by atoms with Crippen LogP contribution in [0.5, 0.6) is 0 Å². The van der Waals surface area contributed by atoms with Gasteiger partial charge in [-0.1, -0.05) is 13.3 Å². The molecule has 0 bridgehead atoms. The van der Waals surface area contributed by atoms with Crippen molar-refractivity contribution < 1.29 is 9.59 Å². The van der Waals surface area contributed by atoms with Crippen LogP contribution in [0.3, 0.4) is 0 Å². The van der Waals surface area contributed by atoms with Crippen molar-refractivity contribution in [3.05, 3.63) is 0 Å². The topological polar surface area (TPSA) is 84.2 Å². The summed E-state index contributed by atoms with van der Waals surface area (Å²) in [6.45, 7) is 4.30. The minimum Gasteiger partial charge on any atom is -0.369 e. The summed E-state index contributed by atoms with van der Waals surface area (Å²) >= 11 is 0. The molecule has 0 spiro atoms. The summed E-state index contributed by atoms with van der Waals surface area (Å²) in [5.74, 6) is 0.852. The van der Waals surface area contributed by atoms with Gasteiger partial charge < -0.3 is 16.4 Å². The van der Waals surface area contributed by atoms with E-state index in [2.05, 4.69) is 17.6 Å². The van der Waals surface area contributed by atoms with Gasteiger partial charge in [0.1, 0.15) is 0 Å². The Bertz CT molecular complexity index is 367. The number of primary amides is 1. The van der Waals surface area contributed by atoms with Crippen molar-refractivity contribution in [1.29, 1.82) is 0 Å². The molecule has 2 aliphatic rings. The first-order chi connectivity index (χ1) is 10.1. The molecule has 1 aliphatic heterocycles. The SMILES string of the molecule is CC(CC(=O)NC1CCCC(C(N)=O)C1)C1CCCNC1. The van der Waals surface area contributed by atoms with Crippen molar-refractivity contribution in [2.75, 3.05) is 13.1 Å². The van der Waals surface area contributed by atoms with Gasteiger partial charge in [-0.15, -0.1) is 0 Å². The van der Waals surface area contributed by atoms with Crippen LogP contribution in [0.15, 0.2) is 0 Å². The van der Waals surface area contributed by atoms with Crippen LogP contribution >= 0.6 is 0 Å². The minimum absolute atomic E-state index is 0.0657. The lowest BCUT2D eigenvalue weighted by molar-refractivity contribution is -0.126. The van der Waals surface area contributed by atoms with Crippen molar-refractivity contribution >= 4 is 11.8 Å². The maximum absolute atomic E-state index is 12.2. The number of rotatable bonds is 5. The molecule has 4 atom stereocenters. The lowest BCUT2D eigenvalue weighted by Gasteiger charge is -2.30. The fourth-order valence-electron chi connectivity index (χ4n) is 3.69. The highest BCUT2D eigenvalue weighted by Gasteiger charge is 2.28. The molecule has 0 aromatic carbocycles. The summed E-state index contributed by atoms with van der Waals surface area (Å²) in [5, 5.41) is 6.51. The van der Waals surface area contributed by atoms with E-state index in [0.717, 1.165) is 32.4 Å². The second kappa shape index (κ2) is 7.78. The second-order valence-corrected chi connectivity index (χ2v) is 6.82. The Morgan fingerprint density at radius 2 is 2.10 bits per heavy atom. The molecule has 21 heavy (non-hydrogen) atoms. The van der Waals surface area contributed by atoms with Crippen LogP contribution in [0.4, 0.5) is 0 Å². The lowest BCUT2D eigenvalue weighted by Crippen LogP contribution is -2.42. The number of hydrogen-bond donors (Lipinski definition) is 3. The number of carbonyl (C=O) groups is 2. The summed E-state index contributed by atoms with van der Waals surface area (Å²) in [6, 6.07) is 0.125.